The number of aliphatic imine (C=N–C) groups is 1. The van der Waals surface area contributed by atoms with Crippen molar-refractivity contribution in [2.24, 2.45) is 4.99 Å². The third kappa shape index (κ3) is 1.05. The molecule has 0 saturated heterocycles. The summed E-state index contributed by atoms with van der Waals surface area (Å²) in [6.07, 6.45) is 1.40. The van der Waals surface area contributed by atoms with E-state index in [1.165, 1.54) is 0 Å². The second kappa shape index (κ2) is 2.47. The Kier molecular flexibility index (Phi) is 1.47. The summed E-state index contributed by atoms with van der Waals surface area (Å²) >= 11 is 0. The molecule has 2 heteroatoms. The van der Waals surface area contributed by atoms with Gasteiger partial charge in [-0.15, -0.1) is 0 Å². The Morgan fingerprint density at radius 1 is 1.36 bits per heavy atom. The predicted molar refractivity (Wildman–Crippen MR) is 43.9 cm³/mol. The summed E-state index contributed by atoms with van der Waals surface area (Å²) in [5.41, 5.74) is 2.02. The van der Waals surface area contributed by atoms with E-state index in [-0.39, 0.29) is 0 Å². The zero-order chi connectivity index (χ0) is 7.68. The third-order valence-electron chi connectivity index (χ3n) is 1.86. The molecule has 0 aliphatic carbocycles. The van der Waals surface area contributed by atoms with Crippen LogP contribution in [0.4, 0.5) is 0 Å². The quantitative estimate of drug-likeness (QED) is 0.586. The van der Waals surface area contributed by atoms with E-state index in [0.29, 0.717) is 6.54 Å². The second-order valence-electron chi connectivity index (χ2n) is 2.64. The molecule has 11 heavy (non-hydrogen) atoms. The maximum absolute atomic E-state index is 9.45. The fourth-order valence-electron chi connectivity index (χ4n) is 1.28. The minimum absolute atomic E-state index is 0.406. The van der Waals surface area contributed by atoms with Gasteiger partial charge in [-0.2, -0.15) is 0 Å². The molecule has 1 aliphatic rings. The Balaban J connectivity index is 2.54. The van der Waals surface area contributed by atoms with E-state index in [1.807, 2.05) is 30.5 Å². The SMILES string of the molecule is OC1CN=Cc2ccccc21. The van der Waals surface area contributed by atoms with E-state index in [0.717, 1.165) is 11.1 Å². The van der Waals surface area contributed by atoms with Crippen LogP contribution in [-0.2, 0) is 0 Å². The maximum Gasteiger partial charge on any atom is 0.0991 e. The van der Waals surface area contributed by atoms with Gasteiger partial charge in [-0.25, -0.2) is 0 Å². The summed E-state index contributed by atoms with van der Waals surface area (Å²) in [4.78, 5) is 4.02. The Bertz CT molecular complexity index is 293. The van der Waals surface area contributed by atoms with E-state index in [1.54, 1.807) is 0 Å². The van der Waals surface area contributed by atoms with Crippen molar-refractivity contribution in [2.45, 2.75) is 6.10 Å². The summed E-state index contributed by atoms with van der Waals surface area (Å²) in [5, 5.41) is 9.45. The van der Waals surface area contributed by atoms with Crippen LogP contribution in [0.25, 0.3) is 0 Å². The van der Waals surface area contributed by atoms with E-state index in [4.69, 9.17) is 0 Å². The van der Waals surface area contributed by atoms with Crippen molar-refractivity contribution in [3.63, 3.8) is 0 Å². The van der Waals surface area contributed by atoms with Crippen LogP contribution in [0.1, 0.15) is 17.2 Å². The first-order chi connectivity index (χ1) is 5.38. The molecule has 1 atom stereocenters. The second-order valence-corrected chi connectivity index (χ2v) is 2.64. The lowest BCUT2D eigenvalue weighted by atomic mass is 10.0. The van der Waals surface area contributed by atoms with Crippen molar-refractivity contribution in [3.05, 3.63) is 35.4 Å². The molecule has 0 aromatic heterocycles. The van der Waals surface area contributed by atoms with Gasteiger partial charge in [0.25, 0.3) is 0 Å². The van der Waals surface area contributed by atoms with Crippen molar-refractivity contribution in [3.8, 4) is 0 Å². The fourth-order valence-corrected chi connectivity index (χ4v) is 1.28. The normalized spacial score (nSPS) is 21.4. The van der Waals surface area contributed by atoms with Crippen LogP contribution >= 0.6 is 0 Å². The van der Waals surface area contributed by atoms with E-state index < -0.39 is 6.10 Å². The number of hydrogen-bond donors (Lipinski definition) is 1. The lowest BCUT2D eigenvalue weighted by Crippen LogP contribution is -2.09. The van der Waals surface area contributed by atoms with Gasteiger partial charge < -0.3 is 5.11 Å². The molecule has 2 nitrogen and oxygen atoms in total. The van der Waals surface area contributed by atoms with Crippen LogP contribution in [0.15, 0.2) is 29.3 Å². The molecule has 1 aromatic rings. The molecule has 0 saturated carbocycles. The smallest absolute Gasteiger partial charge is 0.0991 e. The summed E-state index contributed by atoms with van der Waals surface area (Å²) in [6.45, 7) is 0.497. The first kappa shape index (κ1) is 6.55. The average Bonchev–Trinajstić information content (AvgIpc) is 2.06. The number of rotatable bonds is 0. The summed E-state index contributed by atoms with van der Waals surface area (Å²) in [7, 11) is 0. The Labute approximate surface area is 65.2 Å². The van der Waals surface area contributed by atoms with Gasteiger partial charge in [0.15, 0.2) is 0 Å². The predicted octanol–water partition coefficient (Wildman–Crippen LogP) is 1.15. The van der Waals surface area contributed by atoms with Crippen LogP contribution in [0, 0.1) is 0 Å². The highest BCUT2D eigenvalue weighted by Gasteiger charge is 2.12. The molecule has 0 radical (unpaired) electrons. The lowest BCUT2D eigenvalue weighted by Gasteiger charge is -2.14. The highest BCUT2D eigenvalue weighted by Crippen LogP contribution is 2.19. The first-order valence-electron chi connectivity index (χ1n) is 3.65. The zero-order valence-corrected chi connectivity index (χ0v) is 6.07. The molecule has 1 aromatic carbocycles. The summed E-state index contributed by atoms with van der Waals surface area (Å²) in [5.74, 6) is 0. The molecule has 56 valence electrons. The van der Waals surface area contributed by atoms with Crippen molar-refractivity contribution in [1.29, 1.82) is 0 Å². The number of hydrogen-bond acceptors (Lipinski definition) is 2. The largest absolute Gasteiger partial charge is 0.386 e. The highest BCUT2D eigenvalue weighted by molar-refractivity contribution is 5.83. The molecule has 0 spiro atoms. The molecule has 0 bridgehead atoms. The van der Waals surface area contributed by atoms with Gasteiger partial charge in [0.05, 0.1) is 12.6 Å². The molecule has 0 amide bonds. The molecule has 0 fully saturated rings. The van der Waals surface area contributed by atoms with Gasteiger partial charge in [-0.1, -0.05) is 24.3 Å². The third-order valence-corrected chi connectivity index (χ3v) is 1.86. The molecule has 1 heterocycles. The van der Waals surface area contributed by atoms with Gasteiger partial charge in [0.2, 0.25) is 0 Å². The number of aliphatic hydroxyl groups is 1. The van der Waals surface area contributed by atoms with Crippen molar-refractivity contribution in [2.75, 3.05) is 6.54 Å². The highest BCUT2D eigenvalue weighted by atomic mass is 16.3. The minimum atomic E-state index is -0.406. The summed E-state index contributed by atoms with van der Waals surface area (Å²) < 4.78 is 0. The van der Waals surface area contributed by atoms with Crippen LogP contribution < -0.4 is 0 Å². The maximum atomic E-state index is 9.45. The zero-order valence-electron chi connectivity index (χ0n) is 6.07. The Hall–Kier alpha value is -1.15. The van der Waals surface area contributed by atoms with Gasteiger partial charge >= 0.3 is 0 Å². The van der Waals surface area contributed by atoms with E-state index in [9.17, 15) is 5.11 Å². The van der Waals surface area contributed by atoms with E-state index >= 15 is 0 Å². The minimum Gasteiger partial charge on any atom is -0.386 e. The molecule has 1 N–H and O–H groups in total. The Morgan fingerprint density at radius 3 is 3.00 bits per heavy atom. The monoisotopic (exact) mass is 147 g/mol. The van der Waals surface area contributed by atoms with Gasteiger partial charge in [-0.05, 0) is 11.1 Å². The average molecular weight is 147 g/mol. The molecular formula is C9H9NO. The number of nitrogens with zero attached hydrogens (tertiary/aromatic N) is 1. The number of fused-ring (bicyclic) bond motifs is 1. The first-order valence-corrected chi connectivity index (χ1v) is 3.65. The van der Waals surface area contributed by atoms with Crippen LogP contribution in [0.3, 0.4) is 0 Å². The van der Waals surface area contributed by atoms with Gasteiger partial charge in [0.1, 0.15) is 0 Å². The fraction of sp³-hybridized carbons (Fsp3) is 0.222. The van der Waals surface area contributed by atoms with Crippen molar-refractivity contribution in [1.82, 2.24) is 0 Å². The van der Waals surface area contributed by atoms with Crippen LogP contribution in [0.5, 0.6) is 0 Å². The number of benzene rings is 1. The van der Waals surface area contributed by atoms with Crippen molar-refractivity contribution >= 4 is 6.21 Å². The van der Waals surface area contributed by atoms with E-state index in [2.05, 4.69) is 4.99 Å². The van der Waals surface area contributed by atoms with Crippen molar-refractivity contribution < 1.29 is 5.11 Å². The summed E-state index contributed by atoms with van der Waals surface area (Å²) in [6, 6.07) is 7.77. The van der Waals surface area contributed by atoms with Gasteiger partial charge in [0, 0.05) is 6.21 Å². The lowest BCUT2D eigenvalue weighted by molar-refractivity contribution is 0.185. The van der Waals surface area contributed by atoms with Crippen LogP contribution in [-0.4, -0.2) is 17.9 Å². The standard InChI is InChI=1S/C9H9NO/c11-9-6-10-5-7-3-1-2-4-8(7)9/h1-5,9,11H,6H2. The molecule has 1 aliphatic heterocycles. The molecule has 2 rings (SSSR count). The number of aliphatic hydroxyl groups excluding tert-OH is 1. The topological polar surface area (TPSA) is 32.6 Å². The molecule has 1 unspecified atom stereocenters. The Morgan fingerprint density at radius 2 is 2.18 bits per heavy atom. The van der Waals surface area contributed by atoms with Crippen LogP contribution in [0.2, 0.25) is 0 Å². The van der Waals surface area contributed by atoms with Gasteiger partial charge in [-0.3, -0.25) is 4.99 Å². The molecular weight excluding hydrogens is 138 g/mol.